The van der Waals surface area contributed by atoms with Crippen LogP contribution in [0.2, 0.25) is 0 Å². The van der Waals surface area contributed by atoms with Gasteiger partial charge in [0, 0.05) is 69.9 Å². The minimum atomic E-state index is 0.0286. The van der Waals surface area contributed by atoms with E-state index in [0.29, 0.717) is 12.1 Å². The van der Waals surface area contributed by atoms with Crippen molar-refractivity contribution in [3.05, 3.63) is 35.4 Å². The van der Waals surface area contributed by atoms with E-state index < -0.39 is 0 Å². The van der Waals surface area contributed by atoms with Crippen LogP contribution in [0, 0.1) is 0 Å². The van der Waals surface area contributed by atoms with Crippen molar-refractivity contribution in [3.63, 3.8) is 0 Å². The van der Waals surface area contributed by atoms with Crippen LogP contribution in [0.25, 0.3) is 0 Å². The van der Waals surface area contributed by atoms with E-state index in [-0.39, 0.29) is 11.4 Å². The Morgan fingerprint density at radius 3 is 2.37 bits per heavy atom. The van der Waals surface area contributed by atoms with Gasteiger partial charge in [-0.15, -0.1) is 0 Å². The third-order valence-electron chi connectivity index (χ3n) is 6.34. The summed E-state index contributed by atoms with van der Waals surface area (Å²) in [6.45, 7) is 4.05. The van der Waals surface area contributed by atoms with Gasteiger partial charge < -0.3 is 15.5 Å². The van der Waals surface area contributed by atoms with Gasteiger partial charge in [-0.25, -0.2) is 0 Å². The fourth-order valence-electron chi connectivity index (χ4n) is 4.53. The number of hydrogen-bond donors (Lipinski definition) is 2. The molecule has 2 N–H and O–H groups in total. The first kappa shape index (κ1) is 22.9. The van der Waals surface area contributed by atoms with Crippen molar-refractivity contribution in [1.82, 2.24) is 20.4 Å². The monoisotopic (exact) mass is 431 g/mol. The van der Waals surface area contributed by atoms with Crippen molar-refractivity contribution in [2.24, 2.45) is 4.99 Å². The molecular weight excluding hydrogens is 394 g/mol. The lowest BCUT2D eigenvalue weighted by molar-refractivity contribution is 0.0626. The number of nitrogens with zero attached hydrogens (tertiary/aromatic N) is 3. The van der Waals surface area contributed by atoms with Gasteiger partial charge in [0.1, 0.15) is 0 Å². The molecule has 1 heterocycles. The number of aliphatic imine (C=N–C) groups is 1. The molecule has 1 saturated carbocycles. The summed E-state index contributed by atoms with van der Waals surface area (Å²) < 4.78 is 0. The Morgan fingerprint density at radius 1 is 1.10 bits per heavy atom. The molecule has 7 heteroatoms. The Morgan fingerprint density at radius 2 is 1.77 bits per heavy atom. The van der Waals surface area contributed by atoms with Gasteiger partial charge in [-0.2, -0.15) is 11.8 Å². The molecule has 1 aromatic rings. The van der Waals surface area contributed by atoms with Crippen LogP contribution < -0.4 is 10.6 Å². The molecule has 2 aliphatic rings. The predicted molar refractivity (Wildman–Crippen MR) is 127 cm³/mol. The second kappa shape index (κ2) is 11.0. The third kappa shape index (κ3) is 5.91. The fourth-order valence-corrected chi connectivity index (χ4v) is 5.43. The molecule has 1 amide bonds. The normalized spacial score (nSPS) is 19.9. The lowest BCUT2D eigenvalue weighted by Gasteiger charge is -2.48. The molecule has 0 aromatic heterocycles. The maximum atomic E-state index is 12.0. The van der Waals surface area contributed by atoms with E-state index in [0.717, 1.165) is 18.1 Å². The van der Waals surface area contributed by atoms with Crippen molar-refractivity contribution in [2.75, 3.05) is 52.3 Å². The standard InChI is InChI=1S/C23H37N5OS/c1-24-22(25-17-19-7-9-20(10-8-19)21(29)27(2)3)26-18-23(11-5-4-6-12-23)28-13-15-30-16-14-28/h7-10H,4-6,11-18H2,1-3H3,(H2,24,25,26). The highest BCUT2D eigenvalue weighted by Crippen LogP contribution is 2.34. The minimum Gasteiger partial charge on any atom is -0.355 e. The highest BCUT2D eigenvalue weighted by molar-refractivity contribution is 7.99. The number of rotatable bonds is 6. The minimum absolute atomic E-state index is 0.0286. The SMILES string of the molecule is CN=C(NCc1ccc(C(=O)N(C)C)cc1)NCC1(N2CCSCC2)CCCCC1. The Labute approximate surface area is 185 Å². The third-order valence-corrected chi connectivity index (χ3v) is 7.28. The average molecular weight is 432 g/mol. The zero-order valence-electron chi connectivity index (χ0n) is 18.7. The molecule has 1 aliphatic carbocycles. The van der Waals surface area contributed by atoms with E-state index in [2.05, 4.69) is 32.3 Å². The van der Waals surface area contributed by atoms with E-state index in [4.69, 9.17) is 0 Å². The topological polar surface area (TPSA) is 60.0 Å². The van der Waals surface area contributed by atoms with E-state index in [1.807, 2.05) is 31.3 Å². The van der Waals surface area contributed by atoms with Crippen molar-refractivity contribution in [1.29, 1.82) is 0 Å². The highest BCUT2D eigenvalue weighted by Gasteiger charge is 2.38. The number of nitrogens with one attached hydrogen (secondary N) is 2. The van der Waals surface area contributed by atoms with Crippen molar-refractivity contribution in [3.8, 4) is 0 Å². The molecule has 0 unspecified atom stereocenters. The number of hydrogen-bond acceptors (Lipinski definition) is 4. The molecule has 0 radical (unpaired) electrons. The fraction of sp³-hybridized carbons (Fsp3) is 0.652. The molecule has 3 rings (SSSR count). The highest BCUT2D eigenvalue weighted by atomic mass is 32.2. The summed E-state index contributed by atoms with van der Waals surface area (Å²) in [4.78, 5) is 20.8. The summed E-state index contributed by atoms with van der Waals surface area (Å²) in [6, 6.07) is 7.79. The second-order valence-electron chi connectivity index (χ2n) is 8.56. The second-order valence-corrected chi connectivity index (χ2v) is 9.78. The summed E-state index contributed by atoms with van der Waals surface area (Å²) in [5.41, 5.74) is 2.12. The Kier molecular flexibility index (Phi) is 8.45. The van der Waals surface area contributed by atoms with Crippen LogP contribution in [0.3, 0.4) is 0 Å². The lowest BCUT2D eigenvalue weighted by Crippen LogP contribution is -2.59. The van der Waals surface area contributed by atoms with Gasteiger partial charge in [0.15, 0.2) is 5.96 Å². The van der Waals surface area contributed by atoms with E-state index in [1.54, 1.807) is 19.0 Å². The van der Waals surface area contributed by atoms with Crippen LogP contribution in [-0.2, 0) is 6.54 Å². The van der Waals surface area contributed by atoms with Crippen molar-refractivity contribution in [2.45, 2.75) is 44.2 Å². The number of carbonyl (C=O) groups is 1. The Balaban J connectivity index is 1.55. The molecule has 1 saturated heterocycles. The number of thioether (sulfide) groups is 1. The summed E-state index contributed by atoms with van der Waals surface area (Å²) in [5, 5.41) is 7.06. The average Bonchev–Trinajstić information content (AvgIpc) is 2.80. The molecular formula is C23H37N5OS. The lowest BCUT2D eigenvalue weighted by atomic mass is 9.80. The first-order valence-electron chi connectivity index (χ1n) is 11.1. The van der Waals surface area contributed by atoms with Crippen LogP contribution >= 0.6 is 11.8 Å². The van der Waals surface area contributed by atoms with Gasteiger partial charge >= 0.3 is 0 Å². The van der Waals surface area contributed by atoms with Crippen molar-refractivity contribution < 1.29 is 4.79 Å². The van der Waals surface area contributed by atoms with Gasteiger partial charge in [-0.3, -0.25) is 14.7 Å². The quantitative estimate of drug-likeness (QED) is 0.536. The summed E-state index contributed by atoms with van der Waals surface area (Å²) >= 11 is 2.08. The molecule has 0 atom stereocenters. The van der Waals surface area contributed by atoms with Gasteiger partial charge in [0.05, 0.1) is 0 Å². The maximum absolute atomic E-state index is 12.0. The number of carbonyl (C=O) groups excluding carboxylic acids is 1. The zero-order chi connectivity index (χ0) is 21.4. The van der Waals surface area contributed by atoms with Crippen LogP contribution in [0.5, 0.6) is 0 Å². The Hall–Kier alpha value is -1.73. The van der Waals surface area contributed by atoms with E-state index in [9.17, 15) is 4.79 Å². The predicted octanol–water partition coefficient (Wildman–Crippen LogP) is 2.81. The molecule has 30 heavy (non-hydrogen) atoms. The maximum Gasteiger partial charge on any atom is 0.253 e. The van der Waals surface area contributed by atoms with Gasteiger partial charge in [0.2, 0.25) is 0 Å². The van der Waals surface area contributed by atoms with Crippen LogP contribution in [-0.4, -0.2) is 79.5 Å². The van der Waals surface area contributed by atoms with Crippen molar-refractivity contribution >= 4 is 23.6 Å². The summed E-state index contributed by atoms with van der Waals surface area (Å²) in [5.74, 6) is 3.38. The molecule has 166 valence electrons. The van der Waals surface area contributed by atoms with Gasteiger partial charge in [-0.05, 0) is 30.5 Å². The molecule has 1 aliphatic heterocycles. The summed E-state index contributed by atoms with van der Waals surface area (Å²) in [6.07, 6.45) is 6.58. The van der Waals surface area contributed by atoms with E-state index >= 15 is 0 Å². The molecule has 6 nitrogen and oxygen atoms in total. The molecule has 0 bridgehead atoms. The first-order chi connectivity index (χ1) is 14.5. The molecule has 0 spiro atoms. The molecule has 2 fully saturated rings. The van der Waals surface area contributed by atoms with Crippen LogP contribution in [0.4, 0.5) is 0 Å². The van der Waals surface area contributed by atoms with Crippen LogP contribution in [0.15, 0.2) is 29.3 Å². The number of amides is 1. The number of benzene rings is 1. The summed E-state index contributed by atoms with van der Waals surface area (Å²) in [7, 11) is 5.38. The van der Waals surface area contributed by atoms with E-state index in [1.165, 1.54) is 56.7 Å². The smallest absolute Gasteiger partial charge is 0.253 e. The van der Waals surface area contributed by atoms with Gasteiger partial charge in [-0.1, -0.05) is 31.4 Å². The molecule has 1 aromatic carbocycles. The number of guanidine groups is 1. The largest absolute Gasteiger partial charge is 0.355 e. The first-order valence-corrected chi connectivity index (χ1v) is 12.3. The zero-order valence-corrected chi connectivity index (χ0v) is 19.6. The van der Waals surface area contributed by atoms with Crippen LogP contribution in [0.1, 0.15) is 48.0 Å². The van der Waals surface area contributed by atoms with Gasteiger partial charge in [0.25, 0.3) is 5.91 Å². The Bertz CT molecular complexity index is 707.